The normalized spacial score (nSPS) is 25.9. The topological polar surface area (TPSA) is 21.8 Å². The molecule has 2 heteroatoms. The molecule has 2 nitrogen and oxygen atoms in total. The van der Waals surface area contributed by atoms with Crippen LogP contribution in [0.25, 0.3) is 0 Å². The highest BCUT2D eigenvalue weighted by atomic mass is 16.6. The average molecular weight is 142 g/mol. The van der Waals surface area contributed by atoms with E-state index in [9.17, 15) is 0 Å². The standard InChI is InChI=1S/C8H14O2/c1-3-7(2)9-5-4-8-6-10-8/h3,7-8H,1,4-6H2,2H3. The third-order valence-corrected chi connectivity index (χ3v) is 1.55. The van der Waals surface area contributed by atoms with E-state index in [1.54, 1.807) is 6.08 Å². The van der Waals surface area contributed by atoms with E-state index in [1.165, 1.54) is 0 Å². The SMILES string of the molecule is C=CC(C)OCCC1CO1. The second kappa shape index (κ2) is 3.74. The predicted molar refractivity (Wildman–Crippen MR) is 40.0 cm³/mol. The van der Waals surface area contributed by atoms with Gasteiger partial charge in [-0.3, -0.25) is 0 Å². The Morgan fingerprint density at radius 2 is 2.60 bits per heavy atom. The fourth-order valence-electron chi connectivity index (χ4n) is 0.688. The van der Waals surface area contributed by atoms with Crippen LogP contribution in [0.2, 0.25) is 0 Å². The molecule has 0 spiro atoms. The fourth-order valence-corrected chi connectivity index (χ4v) is 0.688. The Morgan fingerprint density at radius 3 is 3.10 bits per heavy atom. The van der Waals surface area contributed by atoms with Crippen LogP contribution in [0, 0.1) is 0 Å². The Kier molecular flexibility index (Phi) is 2.90. The smallest absolute Gasteiger partial charge is 0.0831 e. The Bertz CT molecular complexity index is 108. The molecule has 1 aliphatic heterocycles. The van der Waals surface area contributed by atoms with Crippen molar-refractivity contribution in [3.8, 4) is 0 Å². The molecule has 1 aliphatic rings. The summed E-state index contributed by atoms with van der Waals surface area (Å²) < 4.78 is 10.4. The molecule has 0 aromatic carbocycles. The summed E-state index contributed by atoms with van der Waals surface area (Å²) in [5.41, 5.74) is 0. The number of epoxide rings is 1. The van der Waals surface area contributed by atoms with Crippen LogP contribution in [0.15, 0.2) is 12.7 Å². The van der Waals surface area contributed by atoms with Gasteiger partial charge in [0.25, 0.3) is 0 Å². The van der Waals surface area contributed by atoms with Gasteiger partial charge in [0.05, 0.1) is 18.8 Å². The summed E-state index contributed by atoms with van der Waals surface area (Å²) in [6, 6.07) is 0. The van der Waals surface area contributed by atoms with E-state index in [4.69, 9.17) is 9.47 Å². The van der Waals surface area contributed by atoms with Gasteiger partial charge < -0.3 is 9.47 Å². The fraction of sp³-hybridized carbons (Fsp3) is 0.750. The van der Waals surface area contributed by atoms with Crippen molar-refractivity contribution < 1.29 is 9.47 Å². The van der Waals surface area contributed by atoms with Crippen molar-refractivity contribution in [1.82, 2.24) is 0 Å². The van der Waals surface area contributed by atoms with E-state index in [1.807, 2.05) is 6.92 Å². The highest BCUT2D eigenvalue weighted by molar-refractivity contribution is 4.76. The molecule has 58 valence electrons. The summed E-state index contributed by atoms with van der Waals surface area (Å²) in [5.74, 6) is 0. The molecule has 0 bridgehead atoms. The first-order chi connectivity index (χ1) is 4.83. The van der Waals surface area contributed by atoms with Crippen LogP contribution in [-0.4, -0.2) is 25.4 Å². The van der Waals surface area contributed by atoms with Crippen LogP contribution in [-0.2, 0) is 9.47 Å². The van der Waals surface area contributed by atoms with Crippen molar-refractivity contribution >= 4 is 0 Å². The van der Waals surface area contributed by atoms with Crippen molar-refractivity contribution in [3.05, 3.63) is 12.7 Å². The van der Waals surface area contributed by atoms with Crippen LogP contribution in [0.5, 0.6) is 0 Å². The quantitative estimate of drug-likeness (QED) is 0.427. The van der Waals surface area contributed by atoms with Gasteiger partial charge in [0.1, 0.15) is 0 Å². The van der Waals surface area contributed by atoms with Crippen molar-refractivity contribution in [2.75, 3.05) is 13.2 Å². The van der Waals surface area contributed by atoms with Crippen molar-refractivity contribution in [2.24, 2.45) is 0 Å². The molecule has 0 radical (unpaired) electrons. The molecule has 1 heterocycles. The molecule has 0 aliphatic carbocycles. The molecule has 2 unspecified atom stereocenters. The van der Waals surface area contributed by atoms with Crippen LogP contribution in [0.4, 0.5) is 0 Å². The molecule has 10 heavy (non-hydrogen) atoms. The number of rotatable bonds is 5. The third kappa shape index (κ3) is 2.99. The summed E-state index contributed by atoms with van der Waals surface area (Å²) in [4.78, 5) is 0. The van der Waals surface area contributed by atoms with Gasteiger partial charge in [-0.25, -0.2) is 0 Å². The van der Waals surface area contributed by atoms with Gasteiger partial charge in [-0.2, -0.15) is 0 Å². The molecule has 1 saturated heterocycles. The molecule has 0 aromatic heterocycles. The zero-order valence-corrected chi connectivity index (χ0v) is 6.38. The van der Waals surface area contributed by atoms with Gasteiger partial charge in [-0.15, -0.1) is 6.58 Å². The van der Waals surface area contributed by atoms with Gasteiger partial charge in [-0.1, -0.05) is 6.08 Å². The van der Waals surface area contributed by atoms with E-state index >= 15 is 0 Å². The largest absolute Gasteiger partial charge is 0.374 e. The van der Waals surface area contributed by atoms with Crippen LogP contribution in [0.3, 0.4) is 0 Å². The molecule has 0 saturated carbocycles. The van der Waals surface area contributed by atoms with E-state index in [0.29, 0.717) is 6.10 Å². The minimum Gasteiger partial charge on any atom is -0.374 e. The minimum atomic E-state index is 0.179. The molecule has 2 atom stereocenters. The Balaban J connectivity index is 1.88. The van der Waals surface area contributed by atoms with E-state index in [2.05, 4.69) is 6.58 Å². The molecule has 1 fully saturated rings. The summed E-state index contributed by atoms with van der Waals surface area (Å²) in [5, 5.41) is 0. The van der Waals surface area contributed by atoms with Gasteiger partial charge in [0, 0.05) is 6.61 Å². The Labute approximate surface area is 61.8 Å². The van der Waals surface area contributed by atoms with E-state index < -0.39 is 0 Å². The van der Waals surface area contributed by atoms with Gasteiger partial charge in [0.2, 0.25) is 0 Å². The second-order valence-corrected chi connectivity index (χ2v) is 2.56. The third-order valence-electron chi connectivity index (χ3n) is 1.55. The first-order valence-corrected chi connectivity index (χ1v) is 3.68. The average Bonchev–Trinajstić information content (AvgIpc) is 2.71. The van der Waals surface area contributed by atoms with Gasteiger partial charge in [-0.05, 0) is 13.3 Å². The highest BCUT2D eigenvalue weighted by Crippen LogP contribution is 2.13. The highest BCUT2D eigenvalue weighted by Gasteiger charge is 2.21. The lowest BCUT2D eigenvalue weighted by Gasteiger charge is -2.05. The van der Waals surface area contributed by atoms with Crippen LogP contribution in [0.1, 0.15) is 13.3 Å². The number of hydrogen-bond acceptors (Lipinski definition) is 2. The predicted octanol–water partition coefficient (Wildman–Crippen LogP) is 1.37. The first kappa shape index (κ1) is 7.76. The molecular weight excluding hydrogens is 128 g/mol. The van der Waals surface area contributed by atoms with Crippen LogP contribution >= 0.6 is 0 Å². The summed E-state index contributed by atoms with van der Waals surface area (Å²) in [6.45, 7) is 7.32. The second-order valence-electron chi connectivity index (χ2n) is 2.56. The first-order valence-electron chi connectivity index (χ1n) is 3.68. The lowest BCUT2D eigenvalue weighted by molar-refractivity contribution is 0.0910. The molecular formula is C8H14O2. The molecule has 1 rings (SSSR count). The maximum atomic E-state index is 5.34. The maximum absolute atomic E-state index is 5.34. The Hall–Kier alpha value is -0.340. The lowest BCUT2D eigenvalue weighted by Crippen LogP contribution is -2.06. The zero-order valence-electron chi connectivity index (χ0n) is 6.38. The lowest BCUT2D eigenvalue weighted by atomic mass is 10.3. The van der Waals surface area contributed by atoms with Crippen molar-refractivity contribution in [3.63, 3.8) is 0 Å². The van der Waals surface area contributed by atoms with Crippen molar-refractivity contribution in [1.29, 1.82) is 0 Å². The van der Waals surface area contributed by atoms with Gasteiger partial charge in [0.15, 0.2) is 0 Å². The van der Waals surface area contributed by atoms with E-state index in [0.717, 1.165) is 19.6 Å². The maximum Gasteiger partial charge on any atom is 0.0831 e. The summed E-state index contributed by atoms with van der Waals surface area (Å²) in [6.07, 6.45) is 3.49. The van der Waals surface area contributed by atoms with Crippen molar-refractivity contribution in [2.45, 2.75) is 25.6 Å². The number of ether oxygens (including phenoxy) is 2. The summed E-state index contributed by atoms with van der Waals surface area (Å²) in [7, 11) is 0. The zero-order chi connectivity index (χ0) is 7.40. The Morgan fingerprint density at radius 1 is 1.90 bits per heavy atom. The van der Waals surface area contributed by atoms with Crippen LogP contribution < -0.4 is 0 Å². The summed E-state index contributed by atoms with van der Waals surface area (Å²) >= 11 is 0. The molecule has 0 aromatic rings. The monoisotopic (exact) mass is 142 g/mol. The number of hydrogen-bond donors (Lipinski definition) is 0. The van der Waals surface area contributed by atoms with E-state index in [-0.39, 0.29) is 6.10 Å². The minimum absolute atomic E-state index is 0.179. The molecule has 0 amide bonds. The molecule has 0 N–H and O–H groups in total. The van der Waals surface area contributed by atoms with Gasteiger partial charge >= 0.3 is 0 Å².